The van der Waals surface area contributed by atoms with Crippen molar-refractivity contribution >= 4 is 17.8 Å². The van der Waals surface area contributed by atoms with Gasteiger partial charge in [-0.15, -0.1) is 0 Å². The third-order valence-corrected chi connectivity index (χ3v) is 3.11. The molecule has 0 amide bonds. The molecule has 0 aliphatic carbocycles. The lowest BCUT2D eigenvalue weighted by Crippen LogP contribution is -2.37. The van der Waals surface area contributed by atoms with Gasteiger partial charge in [0.2, 0.25) is 17.8 Å². The number of hydrogen-bond acceptors (Lipinski definition) is 9. The minimum atomic E-state index is -0.0835. The SMILES string of the molecule is COCC(CNc1nc(N)nc(N2CCOCC2)n1)OC. The highest BCUT2D eigenvalue weighted by atomic mass is 16.5. The van der Waals surface area contributed by atoms with Gasteiger partial charge in [-0.2, -0.15) is 15.0 Å². The highest BCUT2D eigenvalue weighted by molar-refractivity contribution is 5.42. The van der Waals surface area contributed by atoms with Crippen LogP contribution in [0.1, 0.15) is 0 Å². The maximum absolute atomic E-state index is 5.75. The third-order valence-electron chi connectivity index (χ3n) is 3.11. The van der Waals surface area contributed by atoms with Crippen LogP contribution >= 0.6 is 0 Å². The van der Waals surface area contributed by atoms with Crippen LogP contribution in [0.2, 0.25) is 0 Å². The topological polar surface area (TPSA) is 108 Å². The van der Waals surface area contributed by atoms with Gasteiger partial charge < -0.3 is 30.2 Å². The lowest BCUT2D eigenvalue weighted by Gasteiger charge is -2.27. The number of morpholine rings is 1. The largest absolute Gasteiger partial charge is 0.382 e. The molecule has 9 heteroatoms. The zero-order valence-corrected chi connectivity index (χ0v) is 12.4. The van der Waals surface area contributed by atoms with Crippen LogP contribution in [0.3, 0.4) is 0 Å². The smallest absolute Gasteiger partial charge is 0.232 e. The zero-order valence-electron chi connectivity index (χ0n) is 12.4. The van der Waals surface area contributed by atoms with Gasteiger partial charge in [0.1, 0.15) is 0 Å². The average molecular weight is 298 g/mol. The Hall–Kier alpha value is -1.71. The molecule has 1 atom stereocenters. The van der Waals surface area contributed by atoms with Crippen LogP contribution in [0.25, 0.3) is 0 Å². The van der Waals surface area contributed by atoms with Crippen LogP contribution < -0.4 is 16.0 Å². The van der Waals surface area contributed by atoms with Gasteiger partial charge in [-0.05, 0) is 0 Å². The molecule has 1 aromatic heterocycles. The van der Waals surface area contributed by atoms with E-state index in [4.69, 9.17) is 19.9 Å². The minimum Gasteiger partial charge on any atom is -0.382 e. The molecule has 1 unspecified atom stereocenters. The molecule has 1 fully saturated rings. The number of anilines is 3. The van der Waals surface area contributed by atoms with Gasteiger partial charge in [-0.25, -0.2) is 0 Å². The summed E-state index contributed by atoms with van der Waals surface area (Å²) in [6.07, 6.45) is -0.0835. The Morgan fingerprint density at radius 2 is 2.05 bits per heavy atom. The summed E-state index contributed by atoms with van der Waals surface area (Å²) in [6, 6.07) is 0. The first-order valence-corrected chi connectivity index (χ1v) is 6.82. The summed E-state index contributed by atoms with van der Waals surface area (Å²) in [5.41, 5.74) is 5.75. The van der Waals surface area contributed by atoms with E-state index in [0.717, 1.165) is 13.1 Å². The van der Waals surface area contributed by atoms with Crippen LogP contribution in [-0.4, -0.2) is 74.7 Å². The van der Waals surface area contributed by atoms with E-state index < -0.39 is 0 Å². The van der Waals surface area contributed by atoms with Gasteiger partial charge >= 0.3 is 0 Å². The first-order chi connectivity index (χ1) is 10.2. The standard InChI is InChI=1S/C12H22N6O3/c1-19-8-9(20-2)7-14-11-15-10(13)16-12(17-11)18-3-5-21-6-4-18/h9H,3-8H2,1-2H3,(H3,13,14,15,16,17). The van der Waals surface area contributed by atoms with Crippen molar-refractivity contribution in [2.24, 2.45) is 0 Å². The van der Waals surface area contributed by atoms with Crippen LogP contribution in [0, 0.1) is 0 Å². The molecule has 1 aliphatic rings. The number of methoxy groups -OCH3 is 2. The van der Waals surface area contributed by atoms with Crippen molar-refractivity contribution in [1.82, 2.24) is 15.0 Å². The van der Waals surface area contributed by atoms with Gasteiger partial charge in [0.05, 0.1) is 25.9 Å². The monoisotopic (exact) mass is 298 g/mol. The molecule has 0 saturated carbocycles. The van der Waals surface area contributed by atoms with E-state index >= 15 is 0 Å². The fraction of sp³-hybridized carbons (Fsp3) is 0.750. The van der Waals surface area contributed by atoms with E-state index in [9.17, 15) is 0 Å². The second-order valence-electron chi connectivity index (χ2n) is 4.61. The maximum Gasteiger partial charge on any atom is 0.232 e. The number of hydrogen-bond donors (Lipinski definition) is 2. The van der Waals surface area contributed by atoms with Gasteiger partial charge in [-0.3, -0.25) is 0 Å². The van der Waals surface area contributed by atoms with E-state index in [2.05, 4.69) is 20.3 Å². The molecule has 1 aliphatic heterocycles. The van der Waals surface area contributed by atoms with E-state index in [1.807, 2.05) is 4.90 Å². The molecule has 9 nitrogen and oxygen atoms in total. The molecular formula is C12H22N6O3. The minimum absolute atomic E-state index is 0.0835. The molecule has 21 heavy (non-hydrogen) atoms. The molecule has 0 spiro atoms. The van der Waals surface area contributed by atoms with Crippen molar-refractivity contribution in [3.05, 3.63) is 0 Å². The molecule has 118 valence electrons. The fourth-order valence-corrected chi connectivity index (χ4v) is 1.97. The maximum atomic E-state index is 5.75. The second-order valence-corrected chi connectivity index (χ2v) is 4.61. The van der Waals surface area contributed by atoms with Crippen LogP contribution in [0.15, 0.2) is 0 Å². The molecule has 1 aromatic rings. The number of nitrogen functional groups attached to an aromatic ring is 1. The van der Waals surface area contributed by atoms with Crippen molar-refractivity contribution in [3.8, 4) is 0 Å². The number of nitrogens with two attached hydrogens (primary N) is 1. The van der Waals surface area contributed by atoms with Crippen molar-refractivity contribution in [3.63, 3.8) is 0 Å². The molecule has 0 aromatic carbocycles. The fourth-order valence-electron chi connectivity index (χ4n) is 1.97. The molecular weight excluding hydrogens is 276 g/mol. The highest BCUT2D eigenvalue weighted by Crippen LogP contribution is 2.13. The quantitative estimate of drug-likeness (QED) is 0.679. The van der Waals surface area contributed by atoms with Gasteiger partial charge in [0.15, 0.2) is 0 Å². The summed E-state index contributed by atoms with van der Waals surface area (Å²) < 4.78 is 15.6. The summed E-state index contributed by atoms with van der Waals surface area (Å²) in [6.45, 7) is 3.82. The summed E-state index contributed by atoms with van der Waals surface area (Å²) in [4.78, 5) is 14.7. The summed E-state index contributed by atoms with van der Waals surface area (Å²) in [7, 11) is 3.26. The molecule has 1 saturated heterocycles. The zero-order chi connectivity index (χ0) is 15.1. The van der Waals surface area contributed by atoms with E-state index in [1.165, 1.54) is 0 Å². The van der Waals surface area contributed by atoms with Crippen molar-refractivity contribution in [2.75, 3.05) is 69.6 Å². The van der Waals surface area contributed by atoms with Crippen molar-refractivity contribution in [2.45, 2.75) is 6.10 Å². The predicted molar refractivity (Wildman–Crippen MR) is 78.4 cm³/mol. The number of aromatic nitrogens is 3. The summed E-state index contributed by atoms with van der Waals surface area (Å²) in [5.74, 6) is 1.19. The van der Waals surface area contributed by atoms with Crippen LogP contribution in [0.5, 0.6) is 0 Å². The first kappa shape index (κ1) is 15.7. The Bertz CT molecular complexity index is 441. The van der Waals surface area contributed by atoms with E-state index in [0.29, 0.717) is 38.3 Å². The first-order valence-electron chi connectivity index (χ1n) is 6.82. The molecule has 2 rings (SSSR count). The Kier molecular flexibility index (Phi) is 5.90. The van der Waals surface area contributed by atoms with Crippen molar-refractivity contribution in [1.29, 1.82) is 0 Å². The third kappa shape index (κ3) is 4.66. The normalized spacial score (nSPS) is 16.8. The Balaban J connectivity index is 2.00. The van der Waals surface area contributed by atoms with Crippen molar-refractivity contribution < 1.29 is 14.2 Å². The molecule has 0 bridgehead atoms. The number of nitrogens with zero attached hydrogens (tertiary/aromatic N) is 4. The average Bonchev–Trinajstić information content (AvgIpc) is 2.52. The van der Waals surface area contributed by atoms with E-state index in [-0.39, 0.29) is 12.1 Å². The molecule has 0 radical (unpaired) electrons. The molecule has 2 heterocycles. The van der Waals surface area contributed by atoms with Gasteiger partial charge in [0.25, 0.3) is 0 Å². The highest BCUT2D eigenvalue weighted by Gasteiger charge is 2.16. The Morgan fingerprint density at radius 3 is 2.71 bits per heavy atom. The lowest BCUT2D eigenvalue weighted by molar-refractivity contribution is 0.0365. The van der Waals surface area contributed by atoms with Gasteiger partial charge in [0, 0.05) is 33.9 Å². The van der Waals surface area contributed by atoms with Crippen LogP contribution in [-0.2, 0) is 14.2 Å². The summed E-state index contributed by atoms with van der Waals surface area (Å²) in [5, 5.41) is 3.10. The second kappa shape index (κ2) is 7.91. The number of rotatable bonds is 7. The number of ether oxygens (including phenoxy) is 3. The Morgan fingerprint density at radius 1 is 1.29 bits per heavy atom. The number of nitrogens with one attached hydrogen (secondary N) is 1. The predicted octanol–water partition coefficient (Wildman–Crippen LogP) is -0.636. The summed E-state index contributed by atoms with van der Waals surface area (Å²) >= 11 is 0. The Labute approximate surface area is 123 Å². The lowest BCUT2D eigenvalue weighted by atomic mass is 10.4. The van der Waals surface area contributed by atoms with Crippen LogP contribution in [0.4, 0.5) is 17.8 Å². The van der Waals surface area contributed by atoms with E-state index in [1.54, 1.807) is 14.2 Å². The molecule has 3 N–H and O–H groups in total. The van der Waals surface area contributed by atoms with Gasteiger partial charge in [-0.1, -0.05) is 0 Å².